The van der Waals surface area contributed by atoms with E-state index in [2.05, 4.69) is 27.7 Å². The van der Waals surface area contributed by atoms with Gasteiger partial charge in [0.05, 0.1) is 5.41 Å². The summed E-state index contributed by atoms with van der Waals surface area (Å²) in [7, 11) is 0. The van der Waals surface area contributed by atoms with E-state index in [1.54, 1.807) is 0 Å². The zero-order chi connectivity index (χ0) is 13.0. The summed E-state index contributed by atoms with van der Waals surface area (Å²) in [5.74, 6) is 0.000527. The summed E-state index contributed by atoms with van der Waals surface area (Å²) < 4.78 is 0. The fourth-order valence-corrected chi connectivity index (χ4v) is 2.15. The maximum Gasteiger partial charge on any atom is 0.309 e. The Labute approximate surface area is 100 Å². The summed E-state index contributed by atoms with van der Waals surface area (Å²) in [5, 5.41) is 8.99. The van der Waals surface area contributed by atoms with Gasteiger partial charge in [0.15, 0.2) is 0 Å². The third-order valence-corrected chi connectivity index (χ3v) is 3.04. The van der Waals surface area contributed by atoms with Gasteiger partial charge in [-0.25, -0.2) is 0 Å². The predicted octanol–water partition coefficient (Wildman–Crippen LogP) is 4.34. The van der Waals surface area contributed by atoms with E-state index in [1.807, 2.05) is 13.8 Å². The van der Waals surface area contributed by atoms with Crippen molar-refractivity contribution in [3.05, 3.63) is 0 Å². The molecule has 0 spiro atoms. The van der Waals surface area contributed by atoms with Crippen LogP contribution in [0.2, 0.25) is 0 Å². The smallest absolute Gasteiger partial charge is 0.309 e. The molecule has 0 fully saturated rings. The molecule has 0 heterocycles. The molecule has 16 heavy (non-hydrogen) atoms. The summed E-state index contributed by atoms with van der Waals surface area (Å²) in [6.45, 7) is 12.6. The lowest BCUT2D eigenvalue weighted by Crippen LogP contribution is -2.23. The molecule has 1 atom stereocenters. The highest BCUT2D eigenvalue weighted by Gasteiger charge is 2.26. The molecule has 2 nitrogen and oxygen atoms in total. The van der Waals surface area contributed by atoms with E-state index in [0.29, 0.717) is 11.3 Å². The van der Waals surface area contributed by atoms with Gasteiger partial charge in [0.25, 0.3) is 0 Å². The Kier molecular flexibility index (Phi) is 5.51. The van der Waals surface area contributed by atoms with E-state index in [4.69, 9.17) is 5.11 Å². The maximum absolute atomic E-state index is 10.9. The van der Waals surface area contributed by atoms with Gasteiger partial charge in [-0.3, -0.25) is 4.79 Å². The quantitative estimate of drug-likeness (QED) is 0.734. The topological polar surface area (TPSA) is 37.3 Å². The van der Waals surface area contributed by atoms with Crippen molar-refractivity contribution < 1.29 is 9.90 Å². The summed E-state index contributed by atoms with van der Waals surface area (Å²) in [4.78, 5) is 10.9. The minimum absolute atomic E-state index is 0.377. The Hall–Kier alpha value is -0.530. The average molecular weight is 228 g/mol. The van der Waals surface area contributed by atoms with Crippen molar-refractivity contribution in [2.24, 2.45) is 16.7 Å². The largest absolute Gasteiger partial charge is 0.481 e. The van der Waals surface area contributed by atoms with Gasteiger partial charge in [-0.05, 0) is 38.0 Å². The second-order valence-corrected chi connectivity index (χ2v) is 6.95. The Balaban J connectivity index is 3.87. The molecule has 0 aliphatic heterocycles. The van der Waals surface area contributed by atoms with Gasteiger partial charge < -0.3 is 5.11 Å². The maximum atomic E-state index is 10.9. The third kappa shape index (κ3) is 6.86. The van der Waals surface area contributed by atoms with Crippen LogP contribution in [0.4, 0.5) is 0 Å². The van der Waals surface area contributed by atoms with Gasteiger partial charge >= 0.3 is 5.97 Å². The Morgan fingerprint density at radius 2 is 1.69 bits per heavy atom. The molecule has 1 N–H and O–H groups in total. The van der Waals surface area contributed by atoms with Gasteiger partial charge in [-0.2, -0.15) is 0 Å². The fraction of sp³-hybridized carbons (Fsp3) is 0.929. The zero-order valence-corrected chi connectivity index (χ0v) is 11.8. The van der Waals surface area contributed by atoms with E-state index in [-0.39, 0.29) is 0 Å². The van der Waals surface area contributed by atoms with Crippen LogP contribution in [0.5, 0.6) is 0 Å². The van der Waals surface area contributed by atoms with Crippen molar-refractivity contribution in [3.63, 3.8) is 0 Å². The molecule has 96 valence electrons. The molecule has 0 aromatic carbocycles. The first-order valence-corrected chi connectivity index (χ1v) is 6.28. The normalized spacial score (nSPS) is 14.9. The first-order valence-electron chi connectivity index (χ1n) is 6.28. The minimum atomic E-state index is -0.684. The van der Waals surface area contributed by atoms with Crippen LogP contribution in [0.3, 0.4) is 0 Å². The summed E-state index contributed by atoms with van der Waals surface area (Å²) >= 11 is 0. The molecule has 0 aromatic heterocycles. The van der Waals surface area contributed by atoms with Crippen LogP contribution >= 0.6 is 0 Å². The Bertz CT molecular complexity index is 223. The van der Waals surface area contributed by atoms with Crippen LogP contribution < -0.4 is 0 Å². The highest BCUT2D eigenvalue weighted by molar-refractivity contribution is 5.73. The highest BCUT2D eigenvalue weighted by atomic mass is 16.4. The summed E-state index contributed by atoms with van der Waals surface area (Å²) in [6, 6.07) is 0. The van der Waals surface area contributed by atoms with Crippen LogP contribution in [0.15, 0.2) is 0 Å². The SMILES string of the molecule is CC(CCCC(C)(C)C(=O)O)CC(C)(C)C. The lowest BCUT2D eigenvalue weighted by Gasteiger charge is -2.24. The number of aliphatic carboxylic acids is 1. The van der Waals surface area contributed by atoms with Crippen molar-refractivity contribution in [1.82, 2.24) is 0 Å². The number of hydrogen-bond donors (Lipinski definition) is 1. The standard InChI is InChI=1S/C14H28O2/c1-11(10-13(2,3)4)8-7-9-14(5,6)12(15)16/h11H,7-10H2,1-6H3,(H,15,16). The molecule has 0 rings (SSSR count). The van der Waals surface area contributed by atoms with Crippen LogP contribution in [0.25, 0.3) is 0 Å². The fourth-order valence-electron chi connectivity index (χ4n) is 2.15. The van der Waals surface area contributed by atoms with Crippen molar-refractivity contribution in [2.45, 2.75) is 67.2 Å². The van der Waals surface area contributed by atoms with Gasteiger partial charge in [0.1, 0.15) is 0 Å². The van der Waals surface area contributed by atoms with E-state index in [0.717, 1.165) is 19.3 Å². The van der Waals surface area contributed by atoms with Crippen molar-refractivity contribution in [3.8, 4) is 0 Å². The number of carboxylic acid groups (broad SMARTS) is 1. The lowest BCUT2D eigenvalue weighted by molar-refractivity contribution is -0.147. The molecule has 0 saturated carbocycles. The molecule has 0 bridgehead atoms. The second kappa shape index (κ2) is 5.70. The number of hydrogen-bond acceptors (Lipinski definition) is 1. The van der Waals surface area contributed by atoms with Crippen molar-refractivity contribution >= 4 is 5.97 Å². The molecule has 0 radical (unpaired) electrons. The van der Waals surface area contributed by atoms with Gasteiger partial charge in [-0.15, -0.1) is 0 Å². The van der Waals surface area contributed by atoms with Gasteiger partial charge in [0, 0.05) is 0 Å². The molecule has 2 heteroatoms. The Morgan fingerprint density at radius 1 is 1.19 bits per heavy atom. The van der Waals surface area contributed by atoms with E-state index in [1.165, 1.54) is 6.42 Å². The monoisotopic (exact) mass is 228 g/mol. The minimum Gasteiger partial charge on any atom is -0.481 e. The van der Waals surface area contributed by atoms with Gasteiger partial charge in [0.2, 0.25) is 0 Å². The van der Waals surface area contributed by atoms with Crippen LogP contribution in [-0.2, 0) is 4.79 Å². The number of carboxylic acids is 1. The predicted molar refractivity (Wildman–Crippen MR) is 68.5 cm³/mol. The van der Waals surface area contributed by atoms with Crippen molar-refractivity contribution in [2.75, 3.05) is 0 Å². The molecule has 0 aliphatic rings. The van der Waals surface area contributed by atoms with Crippen LogP contribution in [-0.4, -0.2) is 11.1 Å². The van der Waals surface area contributed by atoms with E-state index in [9.17, 15) is 4.79 Å². The number of carbonyl (C=O) groups is 1. The first kappa shape index (κ1) is 15.5. The van der Waals surface area contributed by atoms with Gasteiger partial charge in [-0.1, -0.05) is 40.5 Å². The second-order valence-electron chi connectivity index (χ2n) is 6.95. The molecule has 0 aliphatic carbocycles. The molecule has 0 amide bonds. The number of rotatable bonds is 6. The molecule has 1 unspecified atom stereocenters. The van der Waals surface area contributed by atoms with Crippen LogP contribution in [0, 0.1) is 16.7 Å². The average Bonchev–Trinajstić information content (AvgIpc) is 1.99. The molecular formula is C14H28O2. The molecule has 0 aromatic rings. The van der Waals surface area contributed by atoms with E-state index < -0.39 is 11.4 Å². The van der Waals surface area contributed by atoms with Crippen molar-refractivity contribution in [1.29, 1.82) is 0 Å². The lowest BCUT2D eigenvalue weighted by atomic mass is 9.81. The Morgan fingerprint density at radius 3 is 2.06 bits per heavy atom. The highest BCUT2D eigenvalue weighted by Crippen LogP contribution is 2.29. The zero-order valence-electron chi connectivity index (χ0n) is 11.8. The molecular weight excluding hydrogens is 200 g/mol. The third-order valence-electron chi connectivity index (χ3n) is 3.04. The molecule has 0 saturated heterocycles. The van der Waals surface area contributed by atoms with E-state index >= 15 is 0 Å². The van der Waals surface area contributed by atoms with Crippen LogP contribution in [0.1, 0.15) is 67.2 Å². The first-order chi connectivity index (χ1) is 7.04. The summed E-state index contributed by atoms with van der Waals surface area (Å²) in [5.41, 5.74) is -0.191. The summed E-state index contributed by atoms with van der Waals surface area (Å²) in [6.07, 6.45) is 4.13.